The van der Waals surface area contributed by atoms with Crippen LogP contribution in [-0.4, -0.2) is 11.6 Å². The lowest BCUT2D eigenvalue weighted by atomic mass is 10.0. The number of hydrogen-bond donors (Lipinski definition) is 2. The van der Waals surface area contributed by atoms with Gasteiger partial charge >= 0.3 is 0 Å². The Morgan fingerprint density at radius 3 is 2.69 bits per heavy atom. The van der Waals surface area contributed by atoms with E-state index in [1.54, 1.807) is 0 Å². The third kappa shape index (κ3) is 3.51. The van der Waals surface area contributed by atoms with E-state index in [1.165, 1.54) is 5.57 Å². The largest absolute Gasteiger partial charge is 0.498 e. The molecule has 2 aromatic rings. The molecule has 4 heteroatoms. The number of hydrogen-bond acceptors (Lipinski definition) is 3. The Kier molecular flexibility index (Phi) is 5.43. The second-order valence-corrected chi connectivity index (χ2v) is 6.72. The van der Waals surface area contributed by atoms with Crippen LogP contribution in [0, 0.1) is 0 Å². The van der Waals surface area contributed by atoms with Crippen LogP contribution in [0.15, 0.2) is 64.7 Å². The Morgan fingerprint density at radius 2 is 2.08 bits per heavy atom. The molecule has 2 aliphatic rings. The molecule has 0 bridgehead atoms. The lowest BCUT2D eigenvalue weighted by molar-refractivity contribution is 0.246. The van der Waals surface area contributed by atoms with Gasteiger partial charge < -0.3 is 15.0 Å². The molecule has 3 heterocycles. The smallest absolute Gasteiger partial charge is 0.194 e. The number of aromatic nitrogens is 1. The predicted octanol–water partition coefficient (Wildman–Crippen LogP) is 4.51. The van der Waals surface area contributed by atoms with E-state index < -0.39 is 0 Å². The lowest BCUT2D eigenvalue weighted by Gasteiger charge is -2.12. The van der Waals surface area contributed by atoms with Crippen LogP contribution in [0.25, 0.3) is 10.9 Å². The first kappa shape index (κ1) is 18.2. The average Bonchev–Trinajstić information content (AvgIpc) is 3.22. The summed E-state index contributed by atoms with van der Waals surface area (Å²) in [5, 5.41) is 4.09. The molecule has 4 nitrogen and oxygen atoms in total. The van der Waals surface area contributed by atoms with Crippen LogP contribution in [0.1, 0.15) is 44.5 Å². The maximum atomic E-state index is 12.4. The van der Waals surface area contributed by atoms with Gasteiger partial charge in [0.2, 0.25) is 0 Å². The molecule has 1 aromatic carbocycles. The highest BCUT2D eigenvalue weighted by Crippen LogP contribution is 2.28. The Labute approximate surface area is 154 Å². The highest BCUT2D eigenvalue weighted by Gasteiger charge is 2.26. The number of para-hydroxylation sites is 1. The fourth-order valence-corrected chi connectivity index (χ4v) is 3.31. The molecule has 2 aliphatic heterocycles. The highest BCUT2D eigenvalue weighted by molar-refractivity contribution is 5.79. The SMILES string of the molecule is C=C(/C=C\C)[C@H]1NCc2c1[nH]c1ccccc1c2=O.CC1=C(C)OCC1. The summed E-state index contributed by atoms with van der Waals surface area (Å²) in [6, 6.07) is 7.63. The highest BCUT2D eigenvalue weighted by atomic mass is 16.5. The van der Waals surface area contributed by atoms with Gasteiger partial charge in [-0.05, 0) is 44.1 Å². The van der Waals surface area contributed by atoms with Crippen LogP contribution in [0.3, 0.4) is 0 Å². The molecule has 0 radical (unpaired) electrons. The van der Waals surface area contributed by atoms with Gasteiger partial charge in [0.05, 0.1) is 18.4 Å². The van der Waals surface area contributed by atoms with E-state index in [2.05, 4.69) is 23.8 Å². The van der Waals surface area contributed by atoms with E-state index in [1.807, 2.05) is 50.3 Å². The van der Waals surface area contributed by atoms with Gasteiger partial charge in [0.25, 0.3) is 0 Å². The first-order valence-electron chi connectivity index (χ1n) is 9.00. The van der Waals surface area contributed by atoms with Crippen molar-refractivity contribution in [3.63, 3.8) is 0 Å². The van der Waals surface area contributed by atoms with E-state index >= 15 is 0 Å². The monoisotopic (exact) mass is 350 g/mol. The minimum absolute atomic E-state index is 0.00325. The summed E-state index contributed by atoms with van der Waals surface area (Å²) in [4.78, 5) is 15.8. The maximum absolute atomic E-state index is 12.4. The number of nitrogens with one attached hydrogen (secondary N) is 2. The molecule has 0 spiro atoms. The van der Waals surface area contributed by atoms with E-state index in [0.29, 0.717) is 6.54 Å². The zero-order valence-electron chi connectivity index (χ0n) is 15.7. The van der Waals surface area contributed by atoms with Crippen LogP contribution < -0.4 is 10.7 Å². The minimum Gasteiger partial charge on any atom is -0.498 e. The van der Waals surface area contributed by atoms with E-state index in [4.69, 9.17) is 4.74 Å². The summed E-state index contributed by atoms with van der Waals surface area (Å²) >= 11 is 0. The van der Waals surface area contributed by atoms with Crippen molar-refractivity contribution in [2.45, 2.75) is 39.8 Å². The molecule has 0 amide bonds. The van der Waals surface area contributed by atoms with Gasteiger partial charge in [-0.1, -0.05) is 30.9 Å². The molecule has 1 atom stereocenters. The van der Waals surface area contributed by atoms with Gasteiger partial charge in [0.1, 0.15) is 0 Å². The molecule has 0 aliphatic carbocycles. The molecule has 1 aromatic heterocycles. The van der Waals surface area contributed by atoms with Crippen LogP contribution in [0.2, 0.25) is 0 Å². The van der Waals surface area contributed by atoms with Gasteiger partial charge in [-0.2, -0.15) is 0 Å². The average molecular weight is 350 g/mol. The fourth-order valence-electron chi connectivity index (χ4n) is 3.31. The van der Waals surface area contributed by atoms with Crippen molar-refractivity contribution in [1.82, 2.24) is 10.3 Å². The number of benzene rings is 1. The number of H-pyrrole nitrogens is 1. The summed E-state index contributed by atoms with van der Waals surface area (Å²) in [7, 11) is 0. The topological polar surface area (TPSA) is 54.1 Å². The van der Waals surface area contributed by atoms with E-state index in [-0.39, 0.29) is 11.5 Å². The van der Waals surface area contributed by atoms with Crippen molar-refractivity contribution >= 4 is 10.9 Å². The van der Waals surface area contributed by atoms with Crippen molar-refractivity contribution in [3.8, 4) is 0 Å². The number of aromatic amines is 1. The van der Waals surface area contributed by atoms with Crippen molar-refractivity contribution in [2.75, 3.05) is 6.61 Å². The zero-order chi connectivity index (χ0) is 18.7. The van der Waals surface area contributed by atoms with E-state index in [9.17, 15) is 4.79 Å². The number of rotatable bonds is 2. The first-order valence-corrected chi connectivity index (χ1v) is 9.00. The van der Waals surface area contributed by atoms with Crippen LogP contribution >= 0.6 is 0 Å². The number of pyridine rings is 1. The van der Waals surface area contributed by atoms with Crippen molar-refractivity contribution in [3.05, 3.63) is 81.4 Å². The Morgan fingerprint density at radius 1 is 1.31 bits per heavy atom. The molecule has 0 saturated heterocycles. The van der Waals surface area contributed by atoms with Crippen LogP contribution in [0.5, 0.6) is 0 Å². The summed E-state index contributed by atoms with van der Waals surface area (Å²) < 4.78 is 5.14. The van der Waals surface area contributed by atoms with Crippen molar-refractivity contribution < 1.29 is 4.74 Å². The van der Waals surface area contributed by atoms with Crippen molar-refractivity contribution in [2.24, 2.45) is 0 Å². The Bertz CT molecular complexity index is 938. The third-order valence-electron chi connectivity index (χ3n) is 4.96. The zero-order valence-corrected chi connectivity index (χ0v) is 15.7. The van der Waals surface area contributed by atoms with Gasteiger partial charge in [-0.25, -0.2) is 0 Å². The quantitative estimate of drug-likeness (QED) is 0.784. The predicted molar refractivity (Wildman–Crippen MR) is 107 cm³/mol. The molecule has 2 N–H and O–H groups in total. The first-order chi connectivity index (χ1) is 12.5. The van der Waals surface area contributed by atoms with Crippen LogP contribution in [-0.2, 0) is 11.3 Å². The molecule has 0 saturated carbocycles. The fraction of sp³-hybridized carbons (Fsp3) is 0.318. The second-order valence-electron chi connectivity index (χ2n) is 6.72. The summed E-state index contributed by atoms with van der Waals surface area (Å²) in [6.07, 6.45) is 5.06. The van der Waals surface area contributed by atoms with Crippen molar-refractivity contribution in [1.29, 1.82) is 0 Å². The molecule has 0 fully saturated rings. The summed E-state index contributed by atoms with van der Waals surface area (Å²) in [5.41, 5.74) is 5.15. The number of allylic oxidation sites excluding steroid dienone is 2. The molecule has 136 valence electrons. The number of ether oxygens (including phenoxy) is 1. The molecule has 0 unspecified atom stereocenters. The Hall–Kier alpha value is -2.59. The summed E-state index contributed by atoms with van der Waals surface area (Å²) in [5.74, 6) is 1.12. The molecule has 4 rings (SSSR count). The van der Waals surface area contributed by atoms with Gasteiger partial charge in [-0.15, -0.1) is 0 Å². The molecular weight excluding hydrogens is 324 g/mol. The summed E-state index contributed by atoms with van der Waals surface area (Å²) in [6.45, 7) is 11.7. The van der Waals surface area contributed by atoms with Gasteiger partial charge in [0.15, 0.2) is 5.43 Å². The Balaban J connectivity index is 0.000000236. The lowest BCUT2D eigenvalue weighted by Crippen LogP contribution is -2.13. The minimum atomic E-state index is 0.00325. The second kappa shape index (κ2) is 7.75. The normalized spacial score (nSPS) is 18.7. The van der Waals surface area contributed by atoms with Gasteiger partial charge in [-0.3, -0.25) is 4.79 Å². The third-order valence-corrected chi connectivity index (χ3v) is 4.96. The van der Waals surface area contributed by atoms with E-state index in [0.717, 1.165) is 46.5 Å². The molecular formula is C22H26N2O2. The number of fused-ring (bicyclic) bond motifs is 2. The van der Waals surface area contributed by atoms with Gasteiger partial charge in [0, 0.05) is 35.1 Å². The standard InChI is InChI=1S/C16H16N2O.C6H10O/c1-3-6-10(2)14-15-12(9-17-14)16(19)11-7-4-5-8-13(11)18-15;1-5-3-4-7-6(5)2/h3-8,14,17H,2,9H2,1H3,(H,18,19);3-4H2,1-2H3/b6-3-;/t14-;/m1./s1. The molecule has 26 heavy (non-hydrogen) atoms. The van der Waals surface area contributed by atoms with Crippen LogP contribution in [0.4, 0.5) is 0 Å². The maximum Gasteiger partial charge on any atom is 0.194 e.